The number of thiazole rings is 1. The zero-order valence-electron chi connectivity index (χ0n) is 12.3. The molecule has 0 aliphatic heterocycles. The SMILES string of the molecule is O=C(NCc1ncc(Cc2ccccc2)s1)c1ccc(Cl)cc1. The third-order valence-corrected chi connectivity index (χ3v) is 4.58. The Morgan fingerprint density at radius 3 is 2.57 bits per heavy atom. The van der Waals surface area contributed by atoms with Gasteiger partial charge in [-0.2, -0.15) is 0 Å². The molecule has 0 saturated heterocycles. The Kier molecular flexibility index (Phi) is 5.05. The molecule has 0 unspecified atom stereocenters. The number of carbonyl (C=O) groups is 1. The summed E-state index contributed by atoms with van der Waals surface area (Å²) in [6.07, 6.45) is 2.74. The smallest absolute Gasteiger partial charge is 0.251 e. The Balaban J connectivity index is 1.57. The first kappa shape index (κ1) is 15.7. The lowest BCUT2D eigenvalue weighted by atomic mass is 10.1. The van der Waals surface area contributed by atoms with Crippen LogP contribution in [-0.4, -0.2) is 10.9 Å². The summed E-state index contributed by atoms with van der Waals surface area (Å²) in [6.45, 7) is 0.431. The first-order valence-corrected chi connectivity index (χ1v) is 8.41. The molecule has 2 aromatic carbocycles. The normalized spacial score (nSPS) is 10.5. The second kappa shape index (κ2) is 7.40. The first-order valence-electron chi connectivity index (χ1n) is 7.22. The standard InChI is InChI=1S/C18H15ClN2OS/c19-15-8-6-14(7-9-15)18(22)21-12-17-20-11-16(23-17)10-13-4-2-1-3-5-13/h1-9,11H,10,12H2,(H,21,22). The molecule has 1 N–H and O–H groups in total. The molecular weight excluding hydrogens is 328 g/mol. The van der Waals surface area contributed by atoms with Crippen molar-refractivity contribution in [1.82, 2.24) is 10.3 Å². The van der Waals surface area contributed by atoms with Crippen LogP contribution in [0.1, 0.15) is 25.8 Å². The molecule has 3 aromatic rings. The Labute approximate surface area is 144 Å². The Morgan fingerprint density at radius 1 is 1.09 bits per heavy atom. The molecule has 1 heterocycles. The molecule has 1 aromatic heterocycles. The molecule has 116 valence electrons. The van der Waals surface area contributed by atoms with E-state index in [9.17, 15) is 4.79 Å². The van der Waals surface area contributed by atoms with Crippen LogP contribution in [-0.2, 0) is 13.0 Å². The van der Waals surface area contributed by atoms with E-state index in [1.807, 2.05) is 24.4 Å². The quantitative estimate of drug-likeness (QED) is 0.750. The number of rotatable bonds is 5. The number of carbonyl (C=O) groups excluding carboxylic acids is 1. The lowest BCUT2D eigenvalue weighted by Crippen LogP contribution is -2.22. The van der Waals surface area contributed by atoms with E-state index in [4.69, 9.17) is 11.6 Å². The maximum Gasteiger partial charge on any atom is 0.251 e. The number of hydrogen-bond donors (Lipinski definition) is 1. The van der Waals surface area contributed by atoms with Crippen LogP contribution in [0.3, 0.4) is 0 Å². The van der Waals surface area contributed by atoms with Crippen molar-refractivity contribution in [3.8, 4) is 0 Å². The minimum absolute atomic E-state index is 0.124. The van der Waals surface area contributed by atoms with E-state index < -0.39 is 0 Å². The van der Waals surface area contributed by atoms with Crippen molar-refractivity contribution in [1.29, 1.82) is 0 Å². The van der Waals surface area contributed by atoms with Crippen LogP contribution in [0.2, 0.25) is 5.02 Å². The Hall–Kier alpha value is -2.17. The van der Waals surface area contributed by atoms with Crippen LogP contribution in [0.25, 0.3) is 0 Å². The van der Waals surface area contributed by atoms with E-state index in [-0.39, 0.29) is 5.91 Å². The molecular formula is C18H15ClN2OS. The number of hydrogen-bond acceptors (Lipinski definition) is 3. The van der Waals surface area contributed by atoms with E-state index >= 15 is 0 Å². The molecule has 0 spiro atoms. The summed E-state index contributed by atoms with van der Waals surface area (Å²) in [5.41, 5.74) is 1.85. The summed E-state index contributed by atoms with van der Waals surface area (Å²) < 4.78 is 0. The topological polar surface area (TPSA) is 42.0 Å². The molecule has 0 bridgehead atoms. The van der Waals surface area contributed by atoms with Gasteiger partial charge >= 0.3 is 0 Å². The van der Waals surface area contributed by atoms with Gasteiger partial charge in [-0.25, -0.2) is 4.98 Å². The molecule has 1 amide bonds. The highest BCUT2D eigenvalue weighted by Crippen LogP contribution is 2.17. The molecule has 0 saturated carbocycles. The fourth-order valence-corrected chi connectivity index (χ4v) is 3.19. The minimum Gasteiger partial charge on any atom is -0.346 e. The summed E-state index contributed by atoms with van der Waals surface area (Å²) in [6, 6.07) is 17.1. The van der Waals surface area contributed by atoms with E-state index in [2.05, 4.69) is 22.4 Å². The lowest BCUT2D eigenvalue weighted by Gasteiger charge is -2.03. The van der Waals surface area contributed by atoms with Crippen LogP contribution in [0.15, 0.2) is 60.8 Å². The van der Waals surface area contributed by atoms with Gasteiger partial charge in [-0.3, -0.25) is 4.79 Å². The lowest BCUT2D eigenvalue weighted by molar-refractivity contribution is 0.0951. The molecule has 3 nitrogen and oxygen atoms in total. The molecule has 23 heavy (non-hydrogen) atoms. The van der Waals surface area contributed by atoms with E-state index in [0.29, 0.717) is 17.1 Å². The molecule has 5 heteroatoms. The number of nitrogens with one attached hydrogen (secondary N) is 1. The van der Waals surface area contributed by atoms with Crippen molar-refractivity contribution in [2.45, 2.75) is 13.0 Å². The molecule has 0 radical (unpaired) electrons. The average Bonchev–Trinajstić information content (AvgIpc) is 3.02. The fraction of sp³-hybridized carbons (Fsp3) is 0.111. The van der Waals surface area contributed by atoms with Gasteiger partial charge in [0.1, 0.15) is 5.01 Å². The highest BCUT2D eigenvalue weighted by molar-refractivity contribution is 7.11. The Morgan fingerprint density at radius 2 is 1.83 bits per heavy atom. The summed E-state index contributed by atoms with van der Waals surface area (Å²) in [7, 11) is 0. The number of amides is 1. The van der Waals surface area contributed by atoms with Crippen LogP contribution >= 0.6 is 22.9 Å². The highest BCUT2D eigenvalue weighted by atomic mass is 35.5. The predicted octanol–water partition coefficient (Wildman–Crippen LogP) is 4.32. The molecule has 0 fully saturated rings. The van der Waals surface area contributed by atoms with Crippen molar-refractivity contribution < 1.29 is 4.79 Å². The summed E-state index contributed by atoms with van der Waals surface area (Å²) in [5, 5.41) is 4.40. The van der Waals surface area contributed by atoms with E-state index in [0.717, 1.165) is 11.4 Å². The zero-order valence-corrected chi connectivity index (χ0v) is 13.9. The molecule has 0 aliphatic carbocycles. The molecule has 0 aliphatic rings. The fourth-order valence-electron chi connectivity index (χ4n) is 2.17. The third kappa shape index (κ3) is 4.41. The molecule has 3 rings (SSSR count). The van der Waals surface area contributed by atoms with Crippen molar-refractivity contribution in [2.24, 2.45) is 0 Å². The largest absolute Gasteiger partial charge is 0.346 e. The van der Waals surface area contributed by atoms with Gasteiger partial charge in [0.15, 0.2) is 0 Å². The highest BCUT2D eigenvalue weighted by Gasteiger charge is 2.07. The third-order valence-electron chi connectivity index (χ3n) is 3.33. The second-order valence-corrected chi connectivity index (χ2v) is 6.71. The summed E-state index contributed by atoms with van der Waals surface area (Å²) in [5.74, 6) is -0.124. The van der Waals surface area contributed by atoms with Gasteiger partial charge in [0.2, 0.25) is 0 Å². The Bertz CT molecular complexity index is 784. The first-order chi connectivity index (χ1) is 11.2. The molecule has 0 atom stereocenters. The summed E-state index contributed by atoms with van der Waals surface area (Å²) in [4.78, 5) is 17.6. The van der Waals surface area contributed by atoms with Crippen LogP contribution in [0.4, 0.5) is 0 Å². The van der Waals surface area contributed by atoms with Gasteiger partial charge in [0.25, 0.3) is 5.91 Å². The second-order valence-electron chi connectivity index (χ2n) is 5.07. The van der Waals surface area contributed by atoms with Crippen molar-refractivity contribution in [3.05, 3.63) is 86.8 Å². The van der Waals surface area contributed by atoms with Crippen molar-refractivity contribution in [3.63, 3.8) is 0 Å². The number of benzene rings is 2. The van der Waals surface area contributed by atoms with Crippen molar-refractivity contribution >= 4 is 28.8 Å². The van der Waals surface area contributed by atoms with E-state index in [1.54, 1.807) is 35.6 Å². The summed E-state index contributed by atoms with van der Waals surface area (Å²) >= 11 is 7.44. The van der Waals surface area contributed by atoms with Gasteiger partial charge in [-0.1, -0.05) is 41.9 Å². The number of halogens is 1. The van der Waals surface area contributed by atoms with Gasteiger partial charge in [0.05, 0.1) is 6.54 Å². The van der Waals surface area contributed by atoms with Gasteiger partial charge in [-0.05, 0) is 29.8 Å². The maximum absolute atomic E-state index is 12.0. The van der Waals surface area contributed by atoms with Crippen molar-refractivity contribution in [2.75, 3.05) is 0 Å². The van der Waals surface area contributed by atoms with Crippen LogP contribution < -0.4 is 5.32 Å². The number of aromatic nitrogens is 1. The van der Waals surface area contributed by atoms with Gasteiger partial charge in [-0.15, -0.1) is 11.3 Å². The van der Waals surface area contributed by atoms with Gasteiger partial charge < -0.3 is 5.32 Å². The predicted molar refractivity (Wildman–Crippen MR) is 94.0 cm³/mol. The minimum atomic E-state index is -0.124. The maximum atomic E-state index is 12.0. The van der Waals surface area contributed by atoms with Crippen LogP contribution in [0.5, 0.6) is 0 Å². The zero-order chi connectivity index (χ0) is 16.1. The van der Waals surface area contributed by atoms with Crippen LogP contribution in [0, 0.1) is 0 Å². The van der Waals surface area contributed by atoms with E-state index in [1.165, 1.54) is 10.4 Å². The average molecular weight is 343 g/mol. The monoisotopic (exact) mass is 342 g/mol. The number of nitrogens with zero attached hydrogens (tertiary/aromatic N) is 1. The van der Waals surface area contributed by atoms with Gasteiger partial charge in [0, 0.05) is 28.1 Å².